The first kappa shape index (κ1) is 16.7. The van der Waals surface area contributed by atoms with E-state index in [4.69, 9.17) is 0 Å². The van der Waals surface area contributed by atoms with E-state index in [1.165, 1.54) is 10.3 Å². The molecule has 4 rings (SSSR count). The maximum Gasteiger partial charge on any atom is 0.230 e. The van der Waals surface area contributed by atoms with E-state index < -0.39 is 11.0 Å². The van der Waals surface area contributed by atoms with Gasteiger partial charge in [-0.2, -0.15) is 14.3 Å². The summed E-state index contributed by atoms with van der Waals surface area (Å²) in [4.78, 5) is 15.4. The molecule has 2 aromatic heterocycles. The smallest absolute Gasteiger partial charge is 0.230 e. The molecule has 1 aliphatic heterocycles. The summed E-state index contributed by atoms with van der Waals surface area (Å²) < 4.78 is 13.9. The molecule has 0 saturated carbocycles. The molecule has 1 aliphatic rings. The fraction of sp³-hybridized carbons (Fsp3) is 0.278. The molecule has 0 radical (unpaired) electrons. The van der Waals surface area contributed by atoms with E-state index in [1.807, 2.05) is 42.2 Å². The Labute approximate surface area is 153 Å². The molecule has 0 bridgehead atoms. The highest BCUT2D eigenvalue weighted by molar-refractivity contribution is 7.83. The Morgan fingerprint density at radius 1 is 1.31 bits per heavy atom. The van der Waals surface area contributed by atoms with E-state index in [2.05, 4.69) is 15.3 Å². The number of H-pyrrole nitrogens is 1. The number of nitrogens with zero attached hydrogens (tertiary/aromatic N) is 4. The number of amides is 1. The monoisotopic (exact) mass is 369 g/mol. The van der Waals surface area contributed by atoms with Gasteiger partial charge in [-0.25, -0.2) is 4.21 Å². The van der Waals surface area contributed by atoms with Crippen molar-refractivity contribution < 1.29 is 9.00 Å². The number of hydrogen-bond donors (Lipinski definition) is 1. The quantitative estimate of drug-likeness (QED) is 0.747. The van der Waals surface area contributed by atoms with Gasteiger partial charge in [-0.05, 0) is 12.0 Å². The van der Waals surface area contributed by atoms with Gasteiger partial charge in [-0.15, -0.1) is 0 Å². The van der Waals surface area contributed by atoms with Crippen molar-refractivity contribution in [2.75, 3.05) is 0 Å². The van der Waals surface area contributed by atoms with Gasteiger partial charge >= 0.3 is 0 Å². The van der Waals surface area contributed by atoms with Gasteiger partial charge in [-0.3, -0.25) is 9.89 Å². The Morgan fingerprint density at radius 2 is 2.12 bits per heavy atom. The molecular weight excluding hydrogens is 350 g/mol. The van der Waals surface area contributed by atoms with Crippen LogP contribution in [0.1, 0.15) is 36.1 Å². The first-order valence-corrected chi connectivity index (χ1v) is 9.60. The van der Waals surface area contributed by atoms with Crippen LogP contribution in [-0.4, -0.2) is 34.4 Å². The van der Waals surface area contributed by atoms with Gasteiger partial charge in [-0.1, -0.05) is 37.3 Å². The van der Waals surface area contributed by atoms with Crippen molar-refractivity contribution in [2.24, 2.45) is 0 Å². The minimum absolute atomic E-state index is 0.110. The molecule has 3 heterocycles. The van der Waals surface area contributed by atoms with E-state index in [9.17, 15) is 9.00 Å². The summed E-state index contributed by atoms with van der Waals surface area (Å²) in [5, 5.41) is 10.9. The third-order valence-corrected chi connectivity index (χ3v) is 5.78. The SMILES string of the molecule is CCC(C(=O)N1Cc2cn(S(=O)c3cn[nH]c3)nc2C1)c1ccccc1. The predicted molar refractivity (Wildman–Crippen MR) is 96.3 cm³/mol. The maximum absolute atomic E-state index is 13.0. The van der Waals surface area contributed by atoms with E-state index in [0.29, 0.717) is 18.0 Å². The van der Waals surface area contributed by atoms with Gasteiger partial charge in [0.2, 0.25) is 5.91 Å². The number of hydrogen-bond acceptors (Lipinski definition) is 4. The lowest BCUT2D eigenvalue weighted by Crippen LogP contribution is -2.31. The van der Waals surface area contributed by atoms with Gasteiger partial charge in [0, 0.05) is 24.5 Å². The van der Waals surface area contributed by atoms with Crippen molar-refractivity contribution in [2.45, 2.75) is 37.2 Å². The Morgan fingerprint density at radius 3 is 2.77 bits per heavy atom. The molecule has 1 N–H and O–H groups in total. The molecule has 3 aromatic rings. The summed E-state index contributed by atoms with van der Waals surface area (Å²) in [5.41, 5.74) is 2.78. The first-order chi connectivity index (χ1) is 12.7. The Balaban J connectivity index is 1.50. The number of aromatic amines is 1. The number of benzene rings is 1. The minimum Gasteiger partial charge on any atom is -0.332 e. The van der Waals surface area contributed by atoms with Gasteiger partial charge in [0.1, 0.15) is 0 Å². The molecule has 1 aromatic carbocycles. The fourth-order valence-electron chi connectivity index (χ4n) is 3.27. The average Bonchev–Trinajstić information content (AvgIpc) is 3.38. The summed E-state index contributed by atoms with van der Waals surface area (Å²) in [6.07, 6.45) is 5.62. The second kappa shape index (κ2) is 6.87. The zero-order chi connectivity index (χ0) is 18.1. The van der Waals surface area contributed by atoms with Gasteiger partial charge in [0.25, 0.3) is 0 Å². The predicted octanol–water partition coefficient (Wildman–Crippen LogP) is 2.21. The topological polar surface area (TPSA) is 83.9 Å². The Hall–Kier alpha value is -2.74. The molecule has 134 valence electrons. The van der Waals surface area contributed by atoms with Gasteiger partial charge < -0.3 is 4.90 Å². The van der Waals surface area contributed by atoms with Crippen molar-refractivity contribution in [3.05, 3.63) is 65.7 Å². The average molecular weight is 369 g/mol. The van der Waals surface area contributed by atoms with E-state index >= 15 is 0 Å². The molecule has 8 heteroatoms. The summed E-state index contributed by atoms with van der Waals surface area (Å²) in [6.45, 7) is 2.98. The number of nitrogens with one attached hydrogen (secondary N) is 1. The van der Waals surface area contributed by atoms with Crippen LogP contribution in [0, 0.1) is 0 Å². The van der Waals surface area contributed by atoms with Crippen LogP contribution >= 0.6 is 0 Å². The molecular formula is C18H19N5O2S. The molecule has 0 aliphatic carbocycles. The summed E-state index contributed by atoms with van der Waals surface area (Å²) in [5.74, 6) is -0.0356. The highest BCUT2D eigenvalue weighted by Crippen LogP contribution is 2.28. The highest BCUT2D eigenvalue weighted by atomic mass is 32.2. The number of aromatic nitrogens is 4. The lowest BCUT2D eigenvalue weighted by atomic mass is 9.95. The third kappa shape index (κ3) is 2.96. The molecule has 0 saturated heterocycles. The van der Waals surface area contributed by atoms with Crippen LogP contribution in [0.4, 0.5) is 0 Å². The van der Waals surface area contributed by atoms with Crippen LogP contribution in [0.25, 0.3) is 0 Å². The van der Waals surface area contributed by atoms with Crippen LogP contribution in [0.5, 0.6) is 0 Å². The number of carbonyl (C=O) groups excluding carboxylic acids is 1. The van der Waals surface area contributed by atoms with E-state index in [0.717, 1.165) is 23.2 Å². The largest absolute Gasteiger partial charge is 0.332 e. The molecule has 2 atom stereocenters. The lowest BCUT2D eigenvalue weighted by Gasteiger charge is -2.22. The lowest BCUT2D eigenvalue weighted by molar-refractivity contribution is -0.133. The van der Waals surface area contributed by atoms with Crippen LogP contribution < -0.4 is 0 Å². The number of fused-ring (bicyclic) bond motifs is 1. The minimum atomic E-state index is -1.43. The highest BCUT2D eigenvalue weighted by Gasteiger charge is 2.31. The van der Waals surface area contributed by atoms with Crippen LogP contribution in [0.2, 0.25) is 0 Å². The Kier molecular flexibility index (Phi) is 4.42. The van der Waals surface area contributed by atoms with E-state index in [-0.39, 0.29) is 11.8 Å². The molecule has 2 unspecified atom stereocenters. The van der Waals surface area contributed by atoms with Crippen molar-refractivity contribution in [1.82, 2.24) is 24.3 Å². The molecule has 0 spiro atoms. The second-order valence-electron chi connectivity index (χ2n) is 6.25. The molecule has 7 nitrogen and oxygen atoms in total. The third-order valence-electron chi connectivity index (χ3n) is 4.62. The van der Waals surface area contributed by atoms with Gasteiger partial charge in [0.05, 0.1) is 29.2 Å². The van der Waals surface area contributed by atoms with Gasteiger partial charge in [0.15, 0.2) is 11.0 Å². The first-order valence-electron chi connectivity index (χ1n) is 8.49. The number of carbonyl (C=O) groups is 1. The summed E-state index contributed by atoms with van der Waals surface area (Å²) in [7, 11) is -1.43. The van der Waals surface area contributed by atoms with Crippen molar-refractivity contribution in [3.63, 3.8) is 0 Å². The summed E-state index contributed by atoms with van der Waals surface area (Å²) in [6, 6.07) is 9.86. The zero-order valence-electron chi connectivity index (χ0n) is 14.3. The van der Waals surface area contributed by atoms with Crippen LogP contribution in [-0.2, 0) is 28.9 Å². The second-order valence-corrected chi connectivity index (χ2v) is 7.60. The number of rotatable bonds is 5. The summed E-state index contributed by atoms with van der Waals surface area (Å²) >= 11 is 0. The van der Waals surface area contributed by atoms with E-state index in [1.54, 1.807) is 12.4 Å². The fourth-order valence-corrected chi connectivity index (χ4v) is 4.18. The maximum atomic E-state index is 13.0. The van der Waals surface area contributed by atoms with Crippen LogP contribution in [0.3, 0.4) is 0 Å². The molecule has 26 heavy (non-hydrogen) atoms. The van der Waals surface area contributed by atoms with Crippen LogP contribution in [0.15, 0.2) is 53.8 Å². The normalized spacial score (nSPS) is 15.7. The van der Waals surface area contributed by atoms with Crippen molar-refractivity contribution >= 4 is 16.9 Å². The zero-order valence-corrected chi connectivity index (χ0v) is 15.1. The van der Waals surface area contributed by atoms with Crippen molar-refractivity contribution in [1.29, 1.82) is 0 Å². The Bertz CT molecular complexity index is 912. The molecule has 1 amide bonds. The van der Waals surface area contributed by atoms with Crippen molar-refractivity contribution in [3.8, 4) is 0 Å². The standard InChI is InChI=1S/C18H19N5O2S/c1-2-16(13-6-4-3-5-7-13)18(24)22-10-14-11-23(21-17(14)12-22)26(25)15-8-19-20-9-15/h3-9,11,16H,2,10,12H2,1H3,(H,19,20). The molecule has 0 fully saturated rings.